The van der Waals surface area contributed by atoms with Crippen LogP contribution in [0.25, 0.3) is 0 Å². The van der Waals surface area contributed by atoms with Crippen LogP contribution in [0.1, 0.15) is 55.8 Å². The summed E-state index contributed by atoms with van der Waals surface area (Å²) in [7, 11) is 0. The maximum Gasteiger partial charge on any atom is 0.254 e. The number of rotatable bonds is 3. The third-order valence-corrected chi connectivity index (χ3v) is 6.24. The average Bonchev–Trinajstić information content (AvgIpc) is 2.88. The number of hydrogen-bond donors (Lipinski definition) is 1. The minimum atomic E-state index is -2.44. The van der Waals surface area contributed by atoms with E-state index in [2.05, 4.69) is 18.3 Å². The highest BCUT2D eigenvalue weighted by Gasteiger charge is 2.72. The van der Waals surface area contributed by atoms with Crippen molar-refractivity contribution in [3.05, 3.63) is 22.9 Å². The van der Waals surface area contributed by atoms with Crippen molar-refractivity contribution in [2.45, 2.75) is 57.8 Å². The Bertz CT molecular complexity index is 709. The summed E-state index contributed by atoms with van der Waals surface area (Å²) in [5, 5.41) is 12.7. The maximum atomic E-state index is 13.5. The summed E-state index contributed by atoms with van der Waals surface area (Å²) in [6.07, 6.45) is 5.21. The molecule has 3 aliphatic carbocycles. The van der Waals surface area contributed by atoms with Crippen LogP contribution in [0, 0.1) is 28.6 Å². The van der Waals surface area contributed by atoms with Gasteiger partial charge >= 0.3 is 0 Å². The lowest BCUT2D eigenvalue weighted by Gasteiger charge is -2.22. The molecule has 24 heavy (non-hydrogen) atoms. The number of nitriles is 1. The number of fused-ring (bicyclic) bond motifs is 1. The fraction of sp³-hybridized carbons (Fsp3) is 0.684. The van der Waals surface area contributed by atoms with Crippen molar-refractivity contribution in [3.8, 4) is 6.07 Å². The van der Waals surface area contributed by atoms with E-state index in [9.17, 15) is 14.0 Å². The smallest absolute Gasteiger partial charge is 0.254 e. The summed E-state index contributed by atoms with van der Waals surface area (Å²) >= 11 is 0. The van der Waals surface area contributed by atoms with Crippen LogP contribution in [0.4, 0.5) is 14.6 Å². The molecular formula is C19H23F2N3. The van der Waals surface area contributed by atoms with E-state index in [1.807, 2.05) is 6.07 Å². The molecule has 0 aliphatic heterocycles. The Balaban J connectivity index is 1.45. The van der Waals surface area contributed by atoms with Crippen molar-refractivity contribution in [3.63, 3.8) is 0 Å². The number of anilines is 1. The summed E-state index contributed by atoms with van der Waals surface area (Å²) in [6, 6.07) is 4.19. The fourth-order valence-electron chi connectivity index (χ4n) is 4.57. The molecule has 2 saturated carbocycles. The van der Waals surface area contributed by atoms with Crippen molar-refractivity contribution in [2.24, 2.45) is 17.3 Å². The summed E-state index contributed by atoms with van der Waals surface area (Å²) < 4.78 is 27.0. The first kappa shape index (κ1) is 15.8. The van der Waals surface area contributed by atoms with Gasteiger partial charge in [-0.05, 0) is 62.0 Å². The van der Waals surface area contributed by atoms with Crippen LogP contribution in [-0.4, -0.2) is 17.5 Å². The van der Waals surface area contributed by atoms with Crippen LogP contribution in [0.3, 0.4) is 0 Å². The van der Waals surface area contributed by atoms with Crippen LogP contribution >= 0.6 is 0 Å². The molecule has 0 bridgehead atoms. The molecule has 0 amide bonds. The van der Waals surface area contributed by atoms with Gasteiger partial charge < -0.3 is 5.32 Å². The van der Waals surface area contributed by atoms with E-state index >= 15 is 0 Å². The standard InChI is InChI=1S/C19H23F2N3/c1-12-2-3-14-7-15(9-22)17(24-16(14)6-12)23-10-13-4-5-18(8-13)11-19(18,20)21/h7,12-13H,2-6,8,10-11H2,1H3,(H,23,24). The molecule has 1 heterocycles. The van der Waals surface area contributed by atoms with Gasteiger partial charge in [0.2, 0.25) is 0 Å². The Kier molecular flexibility index (Phi) is 3.56. The molecule has 4 rings (SSSR count). The van der Waals surface area contributed by atoms with E-state index in [-0.39, 0.29) is 12.3 Å². The molecule has 5 heteroatoms. The normalized spacial score (nSPS) is 33.1. The van der Waals surface area contributed by atoms with Crippen LogP contribution in [0.15, 0.2) is 6.07 Å². The molecule has 3 unspecified atom stereocenters. The molecule has 1 N–H and O–H groups in total. The van der Waals surface area contributed by atoms with Crippen molar-refractivity contribution in [1.82, 2.24) is 4.98 Å². The first-order chi connectivity index (χ1) is 11.4. The van der Waals surface area contributed by atoms with Crippen molar-refractivity contribution >= 4 is 5.82 Å². The highest BCUT2D eigenvalue weighted by molar-refractivity contribution is 5.54. The van der Waals surface area contributed by atoms with Crippen LogP contribution in [-0.2, 0) is 12.8 Å². The Labute approximate surface area is 141 Å². The molecular weight excluding hydrogens is 308 g/mol. The highest BCUT2D eigenvalue weighted by atomic mass is 19.3. The second kappa shape index (κ2) is 5.40. The quantitative estimate of drug-likeness (QED) is 0.897. The summed E-state index contributed by atoms with van der Waals surface area (Å²) in [4.78, 5) is 4.69. The lowest BCUT2D eigenvalue weighted by atomic mass is 9.87. The van der Waals surface area contributed by atoms with E-state index in [0.717, 1.165) is 31.4 Å². The predicted octanol–water partition coefficient (Wildman–Crippen LogP) is 4.32. The molecule has 1 spiro atoms. The van der Waals surface area contributed by atoms with Gasteiger partial charge in [-0.25, -0.2) is 13.8 Å². The zero-order chi connectivity index (χ0) is 16.9. The lowest BCUT2D eigenvalue weighted by molar-refractivity contribution is 0.0646. The van der Waals surface area contributed by atoms with E-state index < -0.39 is 11.3 Å². The molecule has 0 saturated heterocycles. The monoisotopic (exact) mass is 331 g/mol. The van der Waals surface area contributed by atoms with E-state index in [4.69, 9.17) is 4.98 Å². The number of alkyl halides is 2. The number of pyridine rings is 1. The number of nitrogens with one attached hydrogen (secondary N) is 1. The highest BCUT2D eigenvalue weighted by Crippen LogP contribution is 2.69. The zero-order valence-corrected chi connectivity index (χ0v) is 14.0. The Morgan fingerprint density at radius 1 is 1.42 bits per heavy atom. The first-order valence-corrected chi connectivity index (χ1v) is 8.97. The van der Waals surface area contributed by atoms with Crippen LogP contribution in [0.2, 0.25) is 0 Å². The molecule has 2 fully saturated rings. The number of hydrogen-bond acceptors (Lipinski definition) is 3. The molecule has 0 radical (unpaired) electrons. The molecule has 3 nitrogen and oxygen atoms in total. The summed E-state index contributed by atoms with van der Waals surface area (Å²) in [6.45, 7) is 2.86. The minimum Gasteiger partial charge on any atom is -0.369 e. The van der Waals surface area contributed by atoms with Gasteiger partial charge in [-0.2, -0.15) is 5.26 Å². The van der Waals surface area contributed by atoms with Gasteiger partial charge in [0.25, 0.3) is 5.92 Å². The van der Waals surface area contributed by atoms with E-state index in [1.54, 1.807) is 0 Å². The molecule has 1 aromatic heterocycles. The van der Waals surface area contributed by atoms with Gasteiger partial charge in [0.1, 0.15) is 11.9 Å². The van der Waals surface area contributed by atoms with E-state index in [1.165, 1.54) is 5.56 Å². The Hall–Kier alpha value is -1.70. The molecule has 0 aromatic carbocycles. The second-order valence-electron chi connectivity index (χ2n) is 8.10. The largest absolute Gasteiger partial charge is 0.369 e. The first-order valence-electron chi connectivity index (χ1n) is 8.97. The Morgan fingerprint density at radius 3 is 2.88 bits per heavy atom. The summed E-state index contributed by atoms with van der Waals surface area (Å²) in [5.74, 6) is -0.937. The van der Waals surface area contributed by atoms with Crippen LogP contribution < -0.4 is 5.32 Å². The van der Waals surface area contributed by atoms with Gasteiger partial charge in [0.15, 0.2) is 0 Å². The van der Waals surface area contributed by atoms with Crippen LogP contribution in [0.5, 0.6) is 0 Å². The lowest BCUT2D eigenvalue weighted by Crippen LogP contribution is -2.18. The van der Waals surface area contributed by atoms with Gasteiger partial charge in [-0.3, -0.25) is 0 Å². The molecule has 1 aromatic rings. The molecule has 3 atom stereocenters. The number of halogens is 2. The minimum absolute atomic E-state index is 0.0644. The number of aryl methyl sites for hydroxylation is 1. The third kappa shape index (κ3) is 2.56. The van der Waals surface area contributed by atoms with Crippen molar-refractivity contribution in [2.75, 3.05) is 11.9 Å². The third-order valence-electron chi connectivity index (χ3n) is 6.24. The van der Waals surface area contributed by atoms with E-state index in [0.29, 0.717) is 36.7 Å². The molecule has 128 valence electrons. The fourth-order valence-corrected chi connectivity index (χ4v) is 4.57. The van der Waals surface area contributed by atoms with Crippen molar-refractivity contribution in [1.29, 1.82) is 5.26 Å². The number of aromatic nitrogens is 1. The SMILES string of the molecule is CC1CCc2cc(C#N)c(NCC3CCC4(C3)CC4(F)F)nc2C1. The maximum absolute atomic E-state index is 13.5. The van der Waals surface area contributed by atoms with Gasteiger partial charge in [-0.1, -0.05) is 6.92 Å². The van der Waals surface area contributed by atoms with Gasteiger partial charge in [-0.15, -0.1) is 0 Å². The topological polar surface area (TPSA) is 48.7 Å². The average molecular weight is 331 g/mol. The Morgan fingerprint density at radius 2 is 2.21 bits per heavy atom. The summed E-state index contributed by atoms with van der Waals surface area (Å²) in [5.41, 5.74) is 2.14. The van der Waals surface area contributed by atoms with Crippen molar-refractivity contribution < 1.29 is 8.78 Å². The van der Waals surface area contributed by atoms with Gasteiger partial charge in [0.05, 0.1) is 5.56 Å². The predicted molar refractivity (Wildman–Crippen MR) is 88.0 cm³/mol. The number of nitrogens with zero attached hydrogens (tertiary/aromatic N) is 2. The second-order valence-corrected chi connectivity index (χ2v) is 8.10. The van der Waals surface area contributed by atoms with Gasteiger partial charge in [0, 0.05) is 24.1 Å². The zero-order valence-electron chi connectivity index (χ0n) is 14.0. The molecule has 3 aliphatic rings.